The third-order valence-electron chi connectivity index (χ3n) is 1.94. The first kappa shape index (κ1) is 15.1. The molecule has 1 rings (SSSR count). The molecule has 19 heavy (non-hydrogen) atoms. The minimum atomic E-state index is -4.55. The lowest BCUT2D eigenvalue weighted by Crippen LogP contribution is -2.18. The Hall–Kier alpha value is -1.97. The van der Waals surface area contributed by atoms with E-state index in [1.165, 1.54) is 0 Å². The van der Waals surface area contributed by atoms with Crippen molar-refractivity contribution < 1.29 is 27.5 Å². The van der Waals surface area contributed by atoms with Crippen LogP contribution in [-0.4, -0.2) is 12.0 Å². The maximum absolute atomic E-state index is 12.4. The molecule has 0 aromatic carbocycles. The van der Waals surface area contributed by atoms with Gasteiger partial charge in [-0.15, -0.1) is 16.2 Å². The number of ether oxygens (including phenoxy) is 1. The molecule has 0 fully saturated rings. The Bertz CT molecular complexity index is 500. The van der Waals surface area contributed by atoms with Gasteiger partial charge in [-0.3, -0.25) is 4.79 Å². The van der Waals surface area contributed by atoms with Gasteiger partial charge in [0.2, 0.25) is 0 Å². The van der Waals surface area contributed by atoms with Gasteiger partial charge in [0, 0.05) is 10.1 Å². The fourth-order valence-corrected chi connectivity index (χ4v) is 2.12. The number of carbonyl (C=O) groups is 2. The van der Waals surface area contributed by atoms with Crippen LogP contribution in [0.4, 0.5) is 18.0 Å². The number of primary amides is 1. The van der Waals surface area contributed by atoms with Crippen molar-refractivity contribution in [2.24, 2.45) is 10.9 Å². The predicted molar refractivity (Wildman–Crippen MR) is 58.1 cm³/mol. The fraction of sp³-hybridized carbons (Fsp3) is 0.333. The first-order valence-electron chi connectivity index (χ1n) is 4.73. The maximum Gasteiger partial charge on any atom is 0.425 e. The Labute approximate surface area is 108 Å². The van der Waals surface area contributed by atoms with Gasteiger partial charge in [-0.2, -0.15) is 13.2 Å². The number of amides is 2. The lowest BCUT2D eigenvalue weighted by Gasteiger charge is -2.12. The van der Waals surface area contributed by atoms with Crippen LogP contribution in [0.3, 0.4) is 0 Å². The molecule has 10 heteroatoms. The number of halogens is 3. The summed E-state index contributed by atoms with van der Waals surface area (Å²) in [6, 6.07) is 1.81. The minimum absolute atomic E-state index is 0.0527. The van der Waals surface area contributed by atoms with E-state index in [0.29, 0.717) is 0 Å². The molecule has 6 nitrogen and oxygen atoms in total. The summed E-state index contributed by atoms with van der Waals surface area (Å²) in [5.41, 5.74) is 4.74. The summed E-state index contributed by atoms with van der Waals surface area (Å²) in [6.45, 7) is 0. The van der Waals surface area contributed by atoms with E-state index in [-0.39, 0.29) is 16.2 Å². The molecular weight excluding hydrogens is 289 g/mol. The molecule has 0 aliphatic heterocycles. The Morgan fingerprint density at radius 3 is 2.47 bits per heavy atom. The molecule has 0 radical (unpaired) electrons. The van der Waals surface area contributed by atoms with Crippen molar-refractivity contribution in [2.75, 3.05) is 0 Å². The highest BCUT2D eigenvalue weighted by molar-refractivity contribution is 7.12. The third kappa shape index (κ3) is 4.32. The number of nitroso groups, excluding NO2 is 1. The highest BCUT2D eigenvalue weighted by Crippen LogP contribution is 2.38. The summed E-state index contributed by atoms with van der Waals surface area (Å²) in [4.78, 5) is 30.5. The maximum atomic E-state index is 12.4. The van der Waals surface area contributed by atoms with Crippen LogP contribution in [0.25, 0.3) is 0 Å². The van der Waals surface area contributed by atoms with E-state index in [1.807, 2.05) is 0 Å². The van der Waals surface area contributed by atoms with Gasteiger partial charge in [0.15, 0.2) is 0 Å². The molecule has 0 saturated heterocycles. The van der Waals surface area contributed by atoms with E-state index < -0.39 is 35.6 Å². The first-order valence-corrected chi connectivity index (χ1v) is 5.55. The largest absolute Gasteiger partial charge is 0.440 e. The number of alkyl halides is 3. The summed E-state index contributed by atoms with van der Waals surface area (Å²) in [5.74, 6) is -1.16. The van der Waals surface area contributed by atoms with Gasteiger partial charge < -0.3 is 10.5 Å². The number of carbonyl (C=O) groups excluding carboxylic acids is 2. The van der Waals surface area contributed by atoms with E-state index in [4.69, 9.17) is 5.73 Å². The van der Waals surface area contributed by atoms with E-state index in [9.17, 15) is 27.7 Å². The number of rotatable bonds is 4. The molecule has 1 atom stereocenters. The van der Waals surface area contributed by atoms with Gasteiger partial charge in [-0.1, -0.05) is 0 Å². The Kier molecular flexibility index (Phi) is 4.59. The Morgan fingerprint density at radius 2 is 2.05 bits per heavy atom. The van der Waals surface area contributed by atoms with Crippen molar-refractivity contribution in [2.45, 2.75) is 18.7 Å². The normalized spacial score (nSPS) is 12.8. The van der Waals surface area contributed by atoms with Crippen molar-refractivity contribution in [1.29, 1.82) is 0 Å². The molecule has 0 spiro atoms. The fourth-order valence-electron chi connectivity index (χ4n) is 1.21. The van der Waals surface area contributed by atoms with Crippen molar-refractivity contribution in [3.05, 3.63) is 26.8 Å². The molecule has 1 aromatic rings. The highest BCUT2D eigenvalue weighted by Gasteiger charge is 2.34. The zero-order valence-corrected chi connectivity index (χ0v) is 9.96. The molecule has 0 bridgehead atoms. The summed E-state index contributed by atoms with van der Waals surface area (Å²) in [7, 11) is 0. The quantitative estimate of drug-likeness (QED) is 0.863. The van der Waals surface area contributed by atoms with Crippen LogP contribution in [0.2, 0.25) is 0 Å². The molecule has 2 amide bonds. The van der Waals surface area contributed by atoms with Gasteiger partial charge in [0.05, 0.1) is 6.42 Å². The topological polar surface area (TPSA) is 98.8 Å². The van der Waals surface area contributed by atoms with Crippen LogP contribution in [0.5, 0.6) is 0 Å². The molecule has 0 saturated carbocycles. The van der Waals surface area contributed by atoms with Gasteiger partial charge in [0.25, 0.3) is 5.91 Å². The van der Waals surface area contributed by atoms with Crippen molar-refractivity contribution in [1.82, 2.24) is 0 Å². The average Bonchev–Trinajstić information content (AvgIpc) is 2.76. The lowest BCUT2D eigenvalue weighted by molar-refractivity contribution is -0.134. The molecule has 1 aromatic heterocycles. The van der Waals surface area contributed by atoms with Crippen LogP contribution in [0.15, 0.2) is 17.3 Å². The van der Waals surface area contributed by atoms with Gasteiger partial charge in [0.1, 0.15) is 11.0 Å². The number of hydrogen-bond acceptors (Lipinski definition) is 5. The van der Waals surface area contributed by atoms with Gasteiger partial charge in [-0.05, 0) is 12.1 Å². The smallest absolute Gasteiger partial charge is 0.425 e. The van der Waals surface area contributed by atoms with Crippen LogP contribution >= 0.6 is 11.3 Å². The van der Waals surface area contributed by atoms with Crippen molar-refractivity contribution in [3.63, 3.8) is 0 Å². The molecule has 0 aliphatic rings. The molecule has 0 aliphatic carbocycles. The number of hydrogen-bond donors (Lipinski definition) is 1. The lowest BCUT2D eigenvalue weighted by atomic mass is 10.2. The number of nitrogens with zero attached hydrogens (tertiary/aromatic N) is 1. The van der Waals surface area contributed by atoms with E-state index in [1.54, 1.807) is 0 Å². The zero-order valence-electron chi connectivity index (χ0n) is 9.14. The molecule has 1 unspecified atom stereocenters. The second kappa shape index (κ2) is 5.78. The van der Waals surface area contributed by atoms with Crippen LogP contribution in [0, 0.1) is 4.91 Å². The summed E-state index contributed by atoms with van der Waals surface area (Å²) >= 11 is 0.289. The van der Waals surface area contributed by atoms with E-state index in [0.717, 1.165) is 12.1 Å². The monoisotopic (exact) mass is 296 g/mol. The standard InChI is InChI=1S/C9H7F3N2O4S/c10-9(11,12)6-2-1-5(19-6)4(18-8(13)16)3-7(15)14-17/h1-2,4H,3H2,(H2,13,16). The highest BCUT2D eigenvalue weighted by atomic mass is 32.1. The summed E-state index contributed by atoms with van der Waals surface area (Å²) in [6.07, 6.45) is -7.84. The summed E-state index contributed by atoms with van der Waals surface area (Å²) in [5, 5.41) is 2.08. The van der Waals surface area contributed by atoms with E-state index in [2.05, 4.69) is 9.91 Å². The summed E-state index contributed by atoms with van der Waals surface area (Å²) < 4.78 is 41.7. The zero-order chi connectivity index (χ0) is 14.6. The second-order valence-electron chi connectivity index (χ2n) is 3.31. The van der Waals surface area contributed by atoms with Gasteiger partial charge >= 0.3 is 12.3 Å². The average molecular weight is 296 g/mol. The molecule has 2 N–H and O–H groups in total. The molecular formula is C9H7F3N2O4S. The van der Waals surface area contributed by atoms with Crippen LogP contribution in [0.1, 0.15) is 22.3 Å². The van der Waals surface area contributed by atoms with Crippen molar-refractivity contribution >= 4 is 23.3 Å². The Morgan fingerprint density at radius 1 is 1.42 bits per heavy atom. The Balaban J connectivity index is 2.97. The number of thiophene rings is 1. The predicted octanol–water partition coefficient (Wildman–Crippen LogP) is 2.59. The minimum Gasteiger partial charge on any atom is -0.440 e. The third-order valence-corrected chi connectivity index (χ3v) is 3.17. The first-order chi connectivity index (χ1) is 8.74. The van der Waals surface area contributed by atoms with Crippen molar-refractivity contribution in [3.8, 4) is 0 Å². The molecule has 1 heterocycles. The number of nitrogens with two attached hydrogens (primary N) is 1. The molecule has 104 valence electrons. The van der Waals surface area contributed by atoms with Crippen LogP contribution in [-0.2, 0) is 15.7 Å². The second-order valence-corrected chi connectivity index (χ2v) is 4.43. The van der Waals surface area contributed by atoms with Gasteiger partial charge in [-0.25, -0.2) is 4.79 Å². The van der Waals surface area contributed by atoms with Crippen LogP contribution < -0.4 is 5.73 Å². The van der Waals surface area contributed by atoms with E-state index >= 15 is 0 Å². The SMILES string of the molecule is NC(=O)OC(CC(=O)N=O)c1ccc(C(F)(F)F)s1.